The van der Waals surface area contributed by atoms with Crippen molar-refractivity contribution in [2.24, 2.45) is 0 Å². The van der Waals surface area contributed by atoms with Crippen LogP contribution in [0.25, 0.3) is 12.2 Å². The summed E-state index contributed by atoms with van der Waals surface area (Å²) in [6.45, 7) is 7.26. The first kappa shape index (κ1) is 28.4. The summed E-state index contributed by atoms with van der Waals surface area (Å²) in [4.78, 5) is 2.13. The monoisotopic (exact) mass is 750 g/mol. The van der Waals surface area contributed by atoms with Crippen molar-refractivity contribution in [2.75, 3.05) is 0 Å². The van der Waals surface area contributed by atoms with Crippen LogP contribution in [0.1, 0.15) is 16.7 Å². The van der Waals surface area contributed by atoms with Crippen LogP contribution in [0.4, 0.5) is 0 Å². The molecule has 3 rings (SSSR count). The summed E-state index contributed by atoms with van der Waals surface area (Å²) in [5.74, 6) is -0.0520. The molecule has 3 aromatic carbocycles. The van der Waals surface area contributed by atoms with Gasteiger partial charge in [0.1, 0.15) is 11.5 Å². The number of phenolic OH excluding ortho intramolecular Hbond substituents is 2. The van der Waals surface area contributed by atoms with E-state index in [1.54, 1.807) is 37.3 Å². The predicted molar refractivity (Wildman–Crippen MR) is 152 cm³/mol. The summed E-state index contributed by atoms with van der Waals surface area (Å²) in [5.41, 5.74) is 2.05. The Kier molecular flexibility index (Phi) is 8.97. The standard InChI is InChI=1S/C22H19BBr4N2O5S/c1-10-13(8-15(24)21(30)19(10)26)18(14-9-16(25)22(31)20(27)11(14)2)12-6-4-5-7-17(12)35(33,34)29-28-23(3)32/h4-9,28-32H,1H2,2-3H3. The highest BCUT2D eigenvalue weighted by Gasteiger charge is 2.25. The third-order valence-electron chi connectivity index (χ3n) is 5.12. The van der Waals surface area contributed by atoms with E-state index < -0.39 is 17.1 Å². The van der Waals surface area contributed by atoms with Gasteiger partial charge >= 0.3 is 7.05 Å². The van der Waals surface area contributed by atoms with Gasteiger partial charge in [0.2, 0.25) is 0 Å². The number of nitrogens with one attached hydrogen (secondary N) is 2. The average Bonchev–Trinajstić information content (AvgIpc) is 2.81. The molecular weight excluding hydrogens is 735 g/mol. The van der Waals surface area contributed by atoms with Crippen LogP contribution in [-0.2, 0) is 10.0 Å². The lowest BCUT2D eigenvalue weighted by Crippen LogP contribution is -2.45. The van der Waals surface area contributed by atoms with Crippen molar-refractivity contribution in [1.82, 2.24) is 10.2 Å². The predicted octanol–water partition coefficient (Wildman–Crippen LogP) is 4.01. The Bertz CT molecular complexity index is 1550. The molecule has 0 saturated heterocycles. The van der Waals surface area contributed by atoms with Crippen molar-refractivity contribution in [1.29, 1.82) is 0 Å². The van der Waals surface area contributed by atoms with Crippen LogP contribution >= 0.6 is 63.7 Å². The van der Waals surface area contributed by atoms with Gasteiger partial charge in [0, 0.05) is 5.56 Å². The van der Waals surface area contributed by atoms with E-state index in [1.807, 2.05) is 0 Å². The molecule has 0 radical (unpaired) electrons. The molecule has 0 spiro atoms. The second-order valence-electron chi connectivity index (χ2n) is 7.54. The van der Waals surface area contributed by atoms with E-state index >= 15 is 0 Å². The molecule has 0 aliphatic carbocycles. The quantitative estimate of drug-likeness (QED) is 0.192. The fraction of sp³-hybridized carbons (Fsp3) is 0.0909. The van der Waals surface area contributed by atoms with Crippen LogP contribution in [-0.4, -0.2) is 30.7 Å². The topological polar surface area (TPSA) is 119 Å². The van der Waals surface area contributed by atoms with Crippen molar-refractivity contribution >= 4 is 92.9 Å². The highest BCUT2D eigenvalue weighted by atomic mass is 79.9. The smallest absolute Gasteiger partial charge is 0.388 e. The van der Waals surface area contributed by atoms with E-state index in [9.17, 15) is 23.7 Å². The Morgan fingerprint density at radius 2 is 1.54 bits per heavy atom. The summed E-state index contributed by atoms with van der Waals surface area (Å²) in [6.07, 6.45) is 0. The lowest BCUT2D eigenvalue weighted by molar-refractivity contribution is 0.467. The summed E-state index contributed by atoms with van der Waals surface area (Å²) in [7, 11) is -5.26. The number of hydrogen-bond donors (Lipinski definition) is 5. The lowest BCUT2D eigenvalue weighted by Gasteiger charge is -2.19. The van der Waals surface area contributed by atoms with Gasteiger partial charge in [-0.1, -0.05) is 24.8 Å². The van der Waals surface area contributed by atoms with Gasteiger partial charge in [-0.05, 0) is 123 Å². The van der Waals surface area contributed by atoms with Gasteiger partial charge in [-0.3, -0.25) is 5.34 Å². The third-order valence-corrected chi connectivity index (χ3v) is 9.48. The van der Waals surface area contributed by atoms with E-state index in [0.29, 0.717) is 50.6 Å². The highest BCUT2D eigenvalue weighted by molar-refractivity contribution is 9.11. The molecule has 5 N–H and O–H groups in total. The van der Waals surface area contributed by atoms with E-state index in [0.717, 1.165) is 0 Å². The number of hydrogen-bond acceptors (Lipinski definition) is 6. The summed E-state index contributed by atoms with van der Waals surface area (Å²) in [5, 5.41) is 33.6. The fourth-order valence-corrected chi connectivity index (χ4v) is 6.79. The van der Waals surface area contributed by atoms with Crippen molar-refractivity contribution in [2.45, 2.75) is 18.6 Å². The second-order valence-corrected chi connectivity index (χ2v) is 12.5. The Hall–Kier alpha value is -1.19. The zero-order chi connectivity index (χ0) is 26.2. The number of halogens is 4. The molecule has 0 bridgehead atoms. The first-order valence-electron chi connectivity index (χ1n) is 9.90. The average molecular weight is 754 g/mol. The Morgan fingerprint density at radius 3 is 2.17 bits per heavy atom. The Balaban J connectivity index is 2.57. The Morgan fingerprint density at radius 1 is 0.971 bits per heavy atom. The number of sulfonamides is 1. The van der Waals surface area contributed by atoms with Gasteiger partial charge in [-0.15, -0.1) is 0 Å². The van der Waals surface area contributed by atoms with E-state index in [-0.39, 0.29) is 16.4 Å². The van der Waals surface area contributed by atoms with Crippen LogP contribution in [0, 0.1) is 6.92 Å². The zero-order valence-corrected chi connectivity index (χ0v) is 25.5. The minimum Gasteiger partial charge on any atom is -0.506 e. The third kappa shape index (κ3) is 5.72. The minimum atomic E-state index is -4.14. The highest BCUT2D eigenvalue weighted by Crippen LogP contribution is 2.41. The van der Waals surface area contributed by atoms with Gasteiger partial charge in [0.25, 0.3) is 10.0 Å². The van der Waals surface area contributed by atoms with Gasteiger partial charge in [0.05, 0.1) is 22.8 Å². The molecule has 0 aliphatic rings. The van der Waals surface area contributed by atoms with E-state index in [1.165, 1.54) is 12.9 Å². The van der Waals surface area contributed by atoms with Crippen molar-refractivity contribution in [3.8, 4) is 11.5 Å². The molecule has 0 aliphatic heterocycles. The summed E-state index contributed by atoms with van der Waals surface area (Å²) in [6, 6.07) is 9.70. The SMILES string of the molecule is C=c1c(Br)c(O)c(Br)cc1=C(c1ccccc1S(=O)(=O)NNB(C)O)c1cc(Br)c(O)c(Br)c1C. The van der Waals surface area contributed by atoms with Gasteiger partial charge in [0.15, 0.2) is 0 Å². The zero-order valence-electron chi connectivity index (χ0n) is 18.3. The number of aromatic hydroxyl groups is 2. The van der Waals surface area contributed by atoms with Crippen LogP contribution < -0.4 is 20.6 Å². The first-order valence-corrected chi connectivity index (χ1v) is 14.6. The fourth-order valence-electron chi connectivity index (χ4n) is 3.40. The molecule has 3 aromatic rings. The number of rotatable bonds is 6. The molecule has 35 heavy (non-hydrogen) atoms. The van der Waals surface area contributed by atoms with Gasteiger partial charge < -0.3 is 15.2 Å². The molecule has 0 amide bonds. The molecule has 0 heterocycles. The largest absolute Gasteiger partial charge is 0.506 e. The van der Waals surface area contributed by atoms with Crippen LogP contribution in [0.5, 0.6) is 11.5 Å². The molecule has 0 unspecified atom stereocenters. The van der Waals surface area contributed by atoms with Gasteiger partial charge in [-0.25, -0.2) is 8.42 Å². The molecule has 13 heteroatoms. The molecular formula is C22H19BBr4N2O5S. The second kappa shape index (κ2) is 11.1. The number of hydrazine groups is 1. The normalized spacial score (nSPS) is 12.5. The molecule has 0 fully saturated rings. The maximum Gasteiger partial charge on any atom is 0.388 e. The van der Waals surface area contributed by atoms with Crippen LogP contribution in [0.3, 0.4) is 0 Å². The number of phenols is 2. The first-order chi connectivity index (χ1) is 16.3. The van der Waals surface area contributed by atoms with E-state index in [2.05, 4.69) is 80.5 Å². The van der Waals surface area contributed by atoms with Crippen molar-refractivity contribution in [3.63, 3.8) is 0 Å². The molecule has 0 aromatic heterocycles. The maximum atomic E-state index is 13.2. The molecule has 0 saturated carbocycles. The number of benzene rings is 3. The van der Waals surface area contributed by atoms with Crippen LogP contribution in [0.15, 0.2) is 59.2 Å². The van der Waals surface area contributed by atoms with E-state index in [4.69, 9.17) is 0 Å². The summed E-state index contributed by atoms with van der Waals surface area (Å²) >= 11 is 13.5. The van der Waals surface area contributed by atoms with Crippen LogP contribution in [0.2, 0.25) is 6.82 Å². The lowest BCUT2D eigenvalue weighted by atomic mass is 9.91. The van der Waals surface area contributed by atoms with Gasteiger partial charge in [-0.2, -0.15) is 4.83 Å². The van der Waals surface area contributed by atoms with Crippen molar-refractivity contribution < 1.29 is 23.7 Å². The minimum absolute atomic E-state index is 0.00257. The Labute approximate surface area is 236 Å². The molecule has 0 atom stereocenters. The molecule has 184 valence electrons. The summed E-state index contributed by atoms with van der Waals surface area (Å²) < 4.78 is 28.0. The van der Waals surface area contributed by atoms with Crippen molar-refractivity contribution in [3.05, 3.63) is 81.4 Å². The maximum absolute atomic E-state index is 13.2. The molecule has 7 nitrogen and oxygen atoms in total.